The van der Waals surface area contributed by atoms with E-state index in [0.29, 0.717) is 11.3 Å². The molecule has 0 saturated carbocycles. The van der Waals surface area contributed by atoms with E-state index in [1.807, 2.05) is 0 Å². The van der Waals surface area contributed by atoms with Gasteiger partial charge < -0.3 is 5.32 Å². The minimum absolute atomic E-state index is 0.188. The van der Waals surface area contributed by atoms with Crippen molar-refractivity contribution in [2.24, 2.45) is 5.14 Å². The topological polar surface area (TPSA) is 84.2 Å². The molecule has 5 nitrogen and oxygen atoms in total. The molecule has 0 heterocycles. The molecule has 0 aliphatic rings. The number of benzene rings is 2. The van der Waals surface area contributed by atoms with Gasteiger partial charge >= 0.3 is 0 Å². The SMILES string of the molecule is NS(=O)(=O)Nc1cccc(NCc2cc(F)cc(F)c2)c1. The van der Waals surface area contributed by atoms with E-state index in [1.54, 1.807) is 12.1 Å². The molecule has 2 aromatic carbocycles. The van der Waals surface area contributed by atoms with Gasteiger partial charge in [0, 0.05) is 18.3 Å². The number of halogens is 2. The van der Waals surface area contributed by atoms with Gasteiger partial charge in [-0.3, -0.25) is 4.72 Å². The second-order valence-electron chi connectivity index (χ2n) is 4.36. The summed E-state index contributed by atoms with van der Waals surface area (Å²) >= 11 is 0. The van der Waals surface area contributed by atoms with Gasteiger partial charge in [0.15, 0.2) is 0 Å². The van der Waals surface area contributed by atoms with Crippen LogP contribution in [0.1, 0.15) is 5.56 Å². The summed E-state index contributed by atoms with van der Waals surface area (Å²) in [7, 11) is -3.85. The summed E-state index contributed by atoms with van der Waals surface area (Å²) < 4.78 is 50.1. The molecule has 2 rings (SSSR count). The first-order valence-corrected chi connectivity index (χ1v) is 7.46. The average Bonchev–Trinajstić information content (AvgIpc) is 2.33. The van der Waals surface area contributed by atoms with Crippen LogP contribution >= 0.6 is 0 Å². The highest BCUT2D eigenvalue weighted by atomic mass is 32.2. The van der Waals surface area contributed by atoms with Crippen molar-refractivity contribution >= 4 is 21.6 Å². The molecular weight excluding hydrogens is 300 g/mol. The van der Waals surface area contributed by atoms with Crippen LogP contribution in [0.4, 0.5) is 20.2 Å². The fraction of sp³-hybridized carbons (Fsp3) is 0.0769. The molecule has 21 heavy (non-hydrogen) atoms. The fourth-order valence-corrected chi connectivity index (χ4v) is 2.23. The lowest BCUT2D eigenvalue weighted by Crippen LogP contribution is -2.21. The smallest absolute Gasteiger partial charge is 0.296 e. The predicted octanol–water partition coefficient (Wildman–Crippen LogP) is 2.19. The summed E-state index contributed by atoms with van der Waals surface area (Å²) in [5.74, 6) is -1.31. The lowest BCUT2D eigenvalue weighted by molar-refractivity contribution is 0.580. The summed E-state index contributed by atoms with van der Waals surface area (Å²) in [6.45, 7) is 0.188. The first-order valence-electron chi connectivity index (χ1n) is 5.91. The third-order valence-electron chi connectivity index (χ3n) is 2.54. The third kappa shape index (κ3) is 5.01. The van der Waals surface area contributed by atoms with Crippen molar-refractivity contribution in [1.82, 2.24) is 0 Å². The van der Waals surface area contributed by atoms with Crippen molar-refractivity contribution in [2.45, 2.75) is 6.54 Å². The molecule has 8 heteroatoms. The molecule has 0 unspecified atom stereocenters. The first-order chi connectivity index (χ1) is 9.82. The largest absolute Gasteiger partial charge is 0.381 e. The monoisotopic (exact) mass is 313 g/mol. The molecule has 0 fully saturated rings. The highest BCUT2D eigenvalue weighted by molar-refractivity contribution is 7.90. The van der Waals surface area contributed by atoms with E-state index in [0.717, 1.165) is 6.07 Å². The van der Waals surface area contributed by atoms with Crippen LogP contribution in [0, 0.1) is 11.6 Å². The van der Waals surface area contributed by atoms with Crippen LogP contribution in [0.5, 0.6) is 0 Å². The quantitative estimate of drug-likeness (QED) is 0.791. The Labute approximate surface area is 121 Å². The van der Waals surface area contributed by atoms with Gasteiger partial charge in [-0.2, -0.15) is 8.42 Å². The minimum Gasteiger partial charge on any atom is -0.381 e. The standard InChI is InChI=1S/C13H13F2N3O2S/c14-10-4-9(5-11(15)6-10)8-17-12-2-1-3-13(7-12)18-21(16,19)20/h1-7,17-18H,8H2,(H2,16,19,20). The van der Waals surface area contributed by atoms with Crippen LogP contribution in [-0.2, 0) is 16.8 Å². The van der Waals surface area contributed by atoms with E-state index in [9.17, 15) is 17.2 Å². The molecule has 4 N–H and O–H groups in total. The van der Waals surface area contributed by atoms with Crippen molar-refractivity contribution in [1.29, 1.82) is 0 Å². The summed E-state index contributed by atoms with van der Waals surface area (Å²) in [6, 6.07) is 9.55. The van der Waals surface area contributed by atoms with Gasteiger partial charge in [0.05, 0.1) is 5.69 Å². The number of rotatable bonds is 5. The Morgan fingerprint density at radius 2 is 1.62 bits per heavy atom. The van der Waals surface area contributed by atoms with Crippen molar-refractivity contribution in [3.63, 3.8) is 0 Å². The van der Waals surface area contributed by atoms with Gasteiger partial charge in [-0.15, -0.1) is 0 Å². The zero-order valence-corrected chi connectivity index (χ0v) is 11.6. The Hall–Kier alpha value is -2.19. The zero-order valence-electron chi connectivity index (χ0n) is 10.8. The van der Waals surface area contributed by atoms with Crippen LogP contribution in [0.2, 0.25) is 0 Å². The van der Waals surface area contributed by atoms with Gasteiger partial charge in [0.2, 0.25) is 0 Å². The van der Waals surface area contributed by atoms with Crippen molar-refractivity contribution < 1.29 is 17.2 Å². The van der Waals surface area contributed by atoms with E-state index in [2.05, 4.69) is 10.0 Å². The molecule has 0 amide bonds. The molecule has 0 bridgehead atoms. The molecule has 112 valence electrons. The Bertz CT molecular complexity index is 731. The van der Waals surface area contributed by atoms with Crippen LogP contribution in [0.15, 0.2) is 42.5 Å². The molecule has 0 aromatic heterocycles. The van der Waals surface area contributed by atoms with Gasteiger partial charge in [-0.25, -0.2) is 13.9 Å². The second kappa shape index (κ2) is 6.06. The van der Waals surface area contributed by atoms with Gasteiger partial charge in [-0.05, 0) is 35.9 Å². The van der Waals surface area contributed by atoms with Crippen molar-refractivity contribution in [2.75, 3.05) is 10.0 Å². The molecule has 0 aliphatic carbocycles. The summed E-state index contributed by atoms with van der Waals surface area (Å²) in [5, 5.41) is 7.81. The maximum atomic E-state index is 13.0. The molecule has 0 radical (unpaired) electrons. The number of hydrogen-bond acceptors (Lipinski definition) is 3. The Morgan fingerprint density at radius 3 is 2.24 bits per heavy atom. The second-order valence-corrected chi connectivity index (χ2v) is 5.65. The Morgan fingerprint density at radius 1 is 1.00 bits per heavy atom. The van der Waals surface area contributed by atoms with E-state index >= 15 is 0 Å². The number of hydrogen-bond donors (Lipinski definition) is 3. The molecule has 0 aliphatic heterocycles. The summed E-state index contributed by atoms with van der Waals surface area (Å²) in [5.41, 5.74) is 1.29. The first kappa shape index (κ1) is 15.2. The van der Waals surface area contributed by atoms with Crippen molar-refractivity contribution in [3.05, 3.63) is 59.7 Å². The van der Waals surface area contributed by atoms with E-state index in [4.69, 9.17) is 5.14 Å². The van der Waals surface area contributed by atoms with E-state index in [1.165, 1.54) is 24.3 Å². The molecule has 0 atom stereocenters. The van der Waals surface area contributed by atoms with Crippen LogP contribution in [0.3, 0.4) is 0 Å². The predicted molar refractivity (Wildman–Crippen MR) is 76.9 cm³/mol. The lowest BCUT2D eigenvalue weighted by Gasteiger charge is -2.09. The molecule has 0 spiro atoms. The minimum atomic E-state index is -3.85. The maximum Gasteiger partial charge on any atom is 0.296 e. The maximum absolute atomic E-state index is 13.0. The molecular formula is C13H13F2N3O2S. The summed E-state index contributed by atoms with van der Waals surface area (Å²) in [4.78, 5) is 0. The molecule has 2 aromatic rings. The number of nitrogens with one attached hydrogen (secondary N) is 2. The number of anilines is 2. The van der Waals surface area contributed by atoms with Crippen molar-refractivity contribution in [3.8, 4) is 0 Å². The molecule has 0 saturated heterocycles. The normalized spacial score (nSPS) is 11.2. The zero-order chi connectivity index (χ0) is 15.5. The highest BCUT2D eigenvalue weighted by Gasteiger charge is 2.04. The fourth-order valence-electron chi connectivity index (χ4n) is 1.77. The third-order valence-corrected chi connectivity index (χ3v) is 3.06. The number of nitrogens with two attached hydrogens (primary N) is 1. The van der Waals surface area contributed by atoms with Gasteiger partial charge in [-0.1, -0.05) is 6.07 Å². The van der Waals surface area contributed by atoms with E-state index < -0.39 is 21.8 Å². The van der Waals surface area contributed by atoms with E-state index in [-0.39, 0.29) is 12.2 Å². The highest BCUT2D eigenvalue weighted by Crippen LogP contribution is 2.17. The average molecular weight is 313 g/mol. The Balaban J connectivity index is 2.08. The van der Waals surface area contributed by atoms with Crippen LogP contribution in [0.25, 0.3) is 0 Å². The van der Waals surface area contributed by atoms with Crippen LogP contribution in [-0.4, -0.2) is 8.42 Å². The lowest BCUT2D eigenvalue weighted by atomic mass is 10.2. The Kier molecular flexibility index (Phi) is 4.39. The van der Waals surface area contributed by atoms with Crippen LogP contribution < -0.4 is 15.2 Å². The van der Waals surface area contributed by atoms with Gasteiger partial charge in [0.1, 0.15) is 11.6 Å². The van der Waals surface area contributed by atoms with Gasteiger partial charge in [0.25, 0.3) is 10.2 Å². The summed E-state index contributed by atoms with van der Waals surface area (Å²) in [6.07, 6.45) is 0.